The molecule has 2 rings (SSSR count). The number of alkyl halides is 2. The van der Waals surface area contributed by atoms with Crippen molar-refractivity contribution in [3.63, 3.8) is 0 Å². The Morgan fingerprint density at radius 1 is 1.62 bits per heavy atom. The molecule has 70 valence electrons. The molecule has 0 aromatic carbocycles. The maximum Gasteiger partial charge on any atom is 0.315 e. The molecule has 1 amide bonds. The Morgan fingerprint density at radius 2 is 2.38 bits per heavy atom. The van der Waals surface area contributed by atoms with E-state index in [0.29, 0.717) is 0 Å². The van der Waals surface area contributed by atoms with Gasteiger partial charge in [-0.1, -0.05) is 0 Å². The molecule has 6 heteroatoms. The lowest BCUT2D eigenvalue weighted by Crippen LogP contribution is -2.31. The van der Waals surface area contributed by atoms with Crippen molar-refractivity contribution >= 4 is 5.91 Å². The van der Waals surface area contributed by atoms with E-state index >= 15 is 0 Å². The first-order valence-electron chi connectivity index (χ1n) is 3.76. The van der Waals surface area contributed by atoms with Gasteiger partial charge in [-0.2, -0.15) is 13.9 Å². The Balaban J connectivity index is 2.10. The van der Waals surface area contributed by atoms with E-state index in [4.69, 9.17) is 0 Å². The maximum absolute atomic E-state index is 12.0. The van der Waals surface area contributed by atoms with Gasteiger partial charge in [-0.3, -0.25) is 9.89 Å². The molecule has 0 atom stereocenters. The fraction of sp³-hybridized carbons (Fsp3) is 0.429. The first kappa shape index (κ1) is 8.15. The minimum absolute atomic E-state index is 0.207. The number of aromatic nitrogens is 2. The first-order valence-corrected chi connectivity index (χ1v) is 3.76. The van der Waals surface area contributed by atoms with Crippen LogP contribution in [0.15, 0.2) is 6.20 Å². The van der Waals surface area contributed by atoms with Gasteiger partial charge in [-0.15, -0.1) is 0 Å². The van der Waals surface area contributed by atoms with Crippen molar-refractivity contribution in [1.29, 1.82) is 0 Å². The molecule has 0 saturated carbocycles. The Kier molecular flexibility index (Phi) is 1.75. The topological polar surface area (TPSA) is 49.0 Å². The van der Waals surface area contributed by atoms with Crippen LogP contribution in [0.3, 0.4) is 0 Å². The molecule has 1 N–H and O–H groups in total. The molecule has 4 nitrogen and oxygen atoms in total. The van der Waals surface area contributed by atoms with Crippen LogP contribution < -0.4 is 0 Å². The number of hydrogen-bond acceptors (Lipinski definition) is 2. The van der Waals surface area contributed by atoms with Gasteiger partial charge in [0.15, 0.2) is 0 Å². The zero-order valence-electron chi connectivity index (χ0n) is 6.63. The van der Waals surface area contributed by atoms with Crippen molar-refractivity contribution in [2.45, 2.75) is 19.5 Å². The highest BCUT2D eigenvalue weighted by molar-refractivity contribution is 5.79. The maximum atomic E-state index is 12.0. The van der Waals surface area contributed by atoms with Crippen molar-refractivity contribution in [1.82, 2.24) is 15.1 Å². The van der Waals surface area contributed by atoms with Crippen molar-refractivity contribution in [3.8, 4) is 0 Å². The Morgan fingerprint density at radius 3 is 3.00 bits per heavy atom. The average molecular weight is 187 g/mol. The normalized spacial score (nSPS) is 15.2. The van der Waals surface area contributed by atoms with E-state index in [0.717, 1.165) is 16.2 Å². The van der Waals surface area contributed by atoms with Gasteiger partial charge >= 0.3 is 6.43 Å². The van der Waals surface area contributed by atoms with E-state index in [2.05, 4.69) is 10.2 Å². The van der Waals surface area contributed by atoms with Gasteiger partial charge in [0.05, 0.1) is 18.4 Å². The first-order chi connectivity index (χ1) is 6.18. The summed E-state index contributed by atoms with van der Waals surface area (Å²) in [6.45, 7) is 0.438. The largest absolute Gasteiger partial charge is 0.327 e. The number of fused-ring (bicyclic) bond motifs is 1. The second-order valence-corrected chi connectivity index (χ2v) is 2.87. The smallest absolute Gasteiger partial charge is 0.315 e. The van der Waals surface area contributed by atoms with Crippen LogP contribution in [0.2, 0.25) is 0 Å². The van der Waals surface area contributed by atoms with Crippen LogP contribution in [0.4, 0.5) is 8.78 Å². The zero-order chi connectivity index (χ0) is 9.42. The van der Waals surface area contributed by atoms with Crippen LogP contribution in [0.5, 0.6) is 0 Å². The number of hydrogen-bond donors (Lipinski definition) is 1. The number of carbonyl (C=O) groups excluding carboxylic acids is 1. The molecule has 0 unspecified atom stereocenters. The second-order valence-electron chi connectivity index (χ2n) is 2.87. The van der Waals surface area contributed by atoms with Crippen LogP contribution in [-0.2, 0) is 17.9 Å². The Labute approximate surface area is 72.5 Å². The summed E-state index contributed by atoms with van der Waals surface area (Å²) in [5, 5.41) is 6.38. The van der Waals surface area contributed by atoms with Gasteiger partial charge < -0.3 is 4.90 Å². The van der Waals surface area contributed by atoms with Crippen LogP contribution in [0.25, 0.3) is 0 Å². The number of H-pyrrole nitrogens is 1. The summed E-state index contributed by atoms with van der Waals surface area (Å²) < 4.78 is 24.0. The predicted molar refractivity (Wildman–Crippen MR) is 38.8 cm³/mol. The number of nitrogens with zero attached hydrogens (tertiary/aromatic N) is 2. The number of rotatable bonds is 1. The van der Waals surface area contributed by atoms with E-state index in [-0.39, 0.29) is 13.1 Å². The van der Waals surface area contributed by atoms with Crippen molar-refractivity contribution in [2.75, 3.05) is 0 Å². The number of halogens is 2. The summed E-state index contributed by atoms with van der Waals surface area (Å²) in [4.78, 5) is 12.0. The molecular formula is C7H7F2N3O. The standard InChI is InChI=1S/C7H7F2N3O/c8-6(9)7(13)12-2-4-1-10-11-5(4)3-12/h1,6H,2-3H2,(H,10,11). The van der Waals surface area contributed by atoms with Crippen molar-refractivity contribution in [2.24, 2.45) is 0 Å². The third kappa shape index (κ3) is 1.28. The van der Waals surface area contributed by atoms with E-state index in [1.54, 1.807) is 6.20 Å². The molecule has 2 heterocycles. The van der Waals surface area contributed by atoms with Crippen LogP contribution in [-0.4, -0.2) is 27.4 Å². The summed E-state index contributed by atoms with van der Waals surface area (Å²) in [5.74, 6) is -1.12. The van der Waals surface area contributed by atoms with E-state index in [1.165, 1.54) is 0 Å². The number of carbonyl (C=O) groups is 1. The molecule has 0 radical (unpaired) electrons. The minimum Gasteiger partial charge on any atom is -0.327 e. The molecule has 1 aromatic heterocycles. The Bertz CT molecular complexity index is 316. The molecule has 1 aliphatic rings. The van der Waals surface area contributed by atoms with Crippen molar-refractivity contribution in [3.05, 3.63) is 17.5 Å². The molecule has 13 heavy (non-hydrogen) atoms. The predicted octanol–water partition coefficient (Wildman–Crippen LogP) is 0.517. The summed E-state index contributed by atoms with van der Waals surface area (Å²) in [5.41, 5.74) is 1.56. The third-order valence-electron chi connectivity index (χ3n) is 2.02. The summed E-state index contributed by atoms with van der Waals surface area (Å²) in [6, 6.07) is 0. The quantitative estimate of drug-likeness (QED) is 0.696. The number of nitrogens with one attached hydrogen (secondary N) is 1. The SMILES string of the molecule is O=C(C(F)F)N1Cc2cn[nH]c2C1. The van der Waals surface area contributed by atoms with Crippen molar-refractivity contribution < 1.29 is 13.6 Å². The number of aromatic amines is 1. The molecule has 0 fully saturated rings. The van der Waals surface area contributed by atoms with Gasteiger partial charge in [0.1, 0.15) is 0 Å². The van der Waals surface area contributed by atoms with Gasteiger partial charge in [0.25, 0.3) is 5.91 Å². The lowest BCUT2D eigenvalue weighted by molar-refractivity contribution is -0.143. The lowest BCUT2D eigenvalue weighted by Gasteiger charge is -2.13. The van der Waals surface area contributed by atoms with Gasteiger partial charge in [0.2, 0.25) is 0 Å². The van der Waals surface area contributed by atoms with E-state index in [9.17, 15) is 13.6 Å². The highest BCUT2D eigenvalue weighted by Gasteiger charge is 2.29. The molecule has 0 saturated heterocycles. The summed E-state index contributed by atoms with van der Waals surface area (Å²) in [7, 11) is 0. The molecule has 0 spiro atoms. The monoisotopic (exact) mass is 187 g/mol. The highest BCUT2D eigenvalue weighted by Crippen LogP contribution is 2.21. The van der Waals surface area contributed by atoms with Gasteiger partial charge in [0, 0.05) is 12.1 Å². The average Bonchev–Trinajstić information content (AvgIpc) is 2.59. The lowest BCUT2D eigenvalue weighted by atomic mass is 10.3. The van der Waals surface area contributed by atoms with Gasteiger partial charge in [-0.05, 0) is 0 Å². The van der Waals surface area contributed by atoms with E-state index < -0.39 is 12.3 Å². The fourth-order valence-electron chi connectivity index (χ4n) is 1.36. The third-order valence-corrected chi connectivity index (χ3v) is 2.02. The molecule has 0 aliphatic carbocycles. The van der Waals surface area contributed by atoms with Gasteiger partial charge in [-0.25, -0.2) is 0 Å². The molecule has 0 bridgehead atoms. The zero-order valence-corrected chi connectivity index (χ0v) is 6.63. The van der Waals surface area contributed by atoms with Crippen LogP contribution >= 0.6 is 0 Å². The fourth-order valence-corrected chi connectivity index (χ4v) is 1.36. The van der Waals surface area contributed by atoms with E-state index in [1.807, 2.05) is 0 Å². The molecule has 1 aromatic rings. The molecule has 1 aliphatic heterocycles. The summed E-state index contributed by atoms with van der Waals surface area (Å²) in [6.07, 6.45) is -1.37. The highest BCUT2D eigenvalue weighted by atomic mass is 19.3. The van der Waals surface area contributed by atoms with Crippen LogP contribution in [0, 0.1) is 0 Å². The molecular weight excluding hydrogens is 180 g/mol. The second kappa shape index (κ2) is 2.79. The Hall–Kier alpha value is -1.46. The summed E-state index contributed by atoms with van der Waals surface area (Å²) >= 11 is 0. The number of amides is 1. The van der Waals surface area contributed by atoms with Crippen LogP contribution in [0.1, 0.15) is 11.3 Å². The minimum atomic E-state index is -2.92.